The van der Waals surface area contributed by atoms with Gasteiger partial charge in [0.2, 0.25) is 0 Å². The van der Waals surface area contributed by atoms with Gasteiger partial charge in [0.1, 0.15) is 23.3 Å². The third kappa shape index (κ3) is 5.32. The zero-order chi connectivity index (χ0) is 20.8. The third-order valence-electron chi connectivity index (χ3n) is 4.08. The van der Waals surface area contributed by atoms with E-state index in [1.165, 1.54) is 11.8 Å². The number of methoxy groups -OCH3 is 1. The minimum Gasteiger partial charge on any atom is -0.493 e. The minimum absolute atomic E-state index is 0.0732. The lowest BCUT2D eigenvalue weighted by molar-refractivity contribution is -0.121. The zero-order valence-corrected chi connectivity index (χ0v) is 19.2. The van der Waals surface area contributed by atoms with E-state index in [0.717, 1.165) is 15.8 Å². The Hall–Kier alpha value is -2.03. The lowest BCUT2D eigenvalue weighted by atomic mass is 10.2. The Bertz CT molecular complexity index is 934. The summed E-state index contributed by atoms with van der Waals surface area (Å²) in [4.78, 5) is 14.6. The van der Waals surface area contributed by atoms with E-state index < -0.39 is 0 Å². The molecule has 0 unspecified atom stereocenters. The Morgan fingerprint density at radius 3 is 2.55 bits per heavy atom. The van der Waals surface area contributed by atoms with E-state index in [-0.39, 0.29) is 5.91 Å². The largest absolute Gasteiger partial charge is 0.493 e. The van der Waals surface area contributed by atoms with Gasteiger partial charge in [-0.3, -0.25) is 9.69 Å². The van der Waals surface area contributed by atoms with Crippen molar-refractivity contribution >= 4 is 56.2 Å². The number of halogens is 1. The topological polar surface area (TPSA) is 48.0 Å². The smallest absolute Gasteiger partial charge is 0.266 e. The van der Waals surface area contributed by atoms with Gasteiger partial charge in [-0.25, -0.2) is 0 Å². The summed E-state index contributed by atoms with van der Waals surface area (Å²) < 4.78 is 18.3. The molecule has 0 aromatic heterocycles. The summed E-state index contributed by atoms with van der Waals surface area (Å²) in [7, 11) is 1.58. The van der Waals surface area contributed by atoms with Crippen molar-refractivity contribution in [2.75, 3.05) is 26.9 Å². The number of carbonyl (C=O) groups excluding carboxylic acids is 1. The SMILES string of the molecule is CCN1C(=O)/C(=C/c2cc(Br)c(OCCOc3ccccc3)c(OC)c2)SC1=S. The van der Waals surface area contributed by atoms with E-state index in [9.17, 15) is 4.79 Å². The summed E-state index contributed by atoms with van der Waals surface area (Å²) in [6.07, 6.45) is 1.81. The van der Waals surface area contributed by atoms with Crippen LogP contribution >= 0.6 is 39.9 Å². The van der Waals surface area contributed by atoms with Crippen molar-refractivity contribution in [3.8, 4) is 17.2 Å². The monoisotopic (exact) mass is 493 g/mol. The Morgan fingerprint density at radius 2 is 1.90 bits per heavy atom. The van der Waals surface area contributed by atoms with Crippen molar-refractivity contribution in [2.45, 2.75) is 6.92 Å². The minimum atomic E-state index is -0.0732. The van der Waals surface area contributed by atoms with Crippen molar-refractivity contribution in [3.05, 3.63) is 57.4 Å². The average Bonchev–Trinajstić information content (AvgIpc) is 2.99. The second kappa shape index (κ2) is 10.1. The Balaban J connectivity index is 1.70. The van der Waals surface area contributed by atoms with Gasteiger partial charge < -0.3 is 14.2 Å². The number of thioether (sulfide) groups is 1. The molecular formula is C21H20BrNO4S2. The van der Waals surface area contributed by atoms with Crippen LogP contribution in [0.2, 0.25) is 0 Å². The summed E-state index contributed by atoms with van der Waals surface area (Å²) >= 11 is 10.1. The van der Waals surface area contributed by atoms with Crippen LogP contribution in [0.1, 0.15) is 12.5 Å². The van der Waals surface area contributed by atoms with E-state index in [1.54, 1.807) is 12.0 Å². The van der Waals surface area contributed by atoms with Crippen LogP contribution in [0.3, 0.4) is 0 Å². The molecule has 0 spiro atoms. The molecule has 0 radical (unpaired) electrons. The summed E-state index contributed by atoms with van der Waals surface area (Å²) in [5, 5.41) is 0. The fourth-order valence-electron chi connectivity index (χ4n) is 2.71. The number of ether oxygens (including phenoxy) is 3. The fourth-order valence-corrected chi connectivity index (χ4v) is 4.67. The van der Waals surface area contributed by atoms with Crippen LogP contribution in [0.15, 0.2) is 51.8 Å². The van der Waals surface area contributed by atoms with Crippen molar-refractivity contribution in [1.82, 2.24) is 4.90 Å². The first-order valence-corrected chi connectivity index (χ1v) is 11.0. The quantitative estimate of drug-likeness (QED) is 0.288. The molecule has 1 fully saturated rings. The zero-order valence-electron chi connectivity index (χ0n) is 16.0. The van der Waals surface area contributed by atoms with Gasteiger partial charge in [-0.15, -0.1) is 0 Å². The van der Waals surface area contributed by atoms with Crippen molar-refractivity contribution in [2.24, 2.45) is 0 Å². The van der Waals surface area contributed by atoms with E-state index in [4.69, 9.17) is 26.4 Å². The first-order chi connectivity index (χ1) is 14.0. The molecule has 0 saturated carbocycles. The number of hydrogen-bond donors (Lipinski definition) is 0. The van der Waals surface area contributed by atoms with E-state index in [2.05, 4.69) is 15.9 Å². The number of rotatable bonds is 8. The van der Waals surface area contributed by atoms with Gasteiger partial charge in [-0.05, 0) is 58.8 Å². The lowest BCUT2D eigenvalue weighted by Crippen LogP contribution is -2.27. The van der Waals surface area contributed by atoms with Gasteiger partial charge >= 0.3 is 0 Å². The summed E-state index contributed by atoms with van der Waals surface area (Å²) in [6.45, 7) is 3.23. The van der Waals surface area contributed by atoms with Crippen LogP contribution in [-0.4, -0.2) is 42.0 Å². The van der Waals surface area contributed by atoms with Crippen molar-refractivity contribution in [3.63, 3.8) is 0 Å². The van der Waals surface area contributed by atoms with Crippen molar-refractivity contribution in [1.29, 1.82) is 0 Å². The highest BCUT2D eigenvalue weighted by molar-refractivity contribution is 9.10. The molecule has 0 bridgehead atoms. The highest BCUT2D eigenvalue weighted by atomic mass is 79.9. The summed E-state index contributed by atoms with van der Waals surface area (Å²) in [6, 6.07) is 13.3. The summed E-state index contributed by atoms with van der Waals surface area (Å²) in [5.41, 5.74) is 0.818. The molecule has 1 aliphatic rings. The normalized spacial score (nSPS) is 15.1. The molecule has 0 N–H and O–H groups in total. The first kappa shape index (κ1) is 21.7. The number of nitrogens with zero attached hydrogens (tertiary/aromatic N) is 1. The van der Waals surface area contributed by atoms with Gasteiger partial charge in [0.15, 0.2) is 11.5 Å². The van der Waals surface area contributed by atoms with Gasteiger partial charge in [0, 0.05) is 6.54 Å². The van der Waals surface area contributed by atoms with Crippen LogP contribution in [-0.2, 0) is 4.79 Å². The number of amides is 1. The highest BCUT2D eigenvalue weighted by Crippen LogP contribution is 2.39. The van der Waals surface area contributed by atoms with Gasteiger partial charge in [-0.2, -0.15) is 0 Å². The average molecular weight is 494 g/mol. The predicted molar refractivity (Wildman–Crippen MR) is 124 cm³/mol. The van der Waals surface area contributed by atoms with Crippen molar-refractivity contribution < 1.29 is 19.0 Å². The molecule has 2 aromatic rings. The second-order valence-corrected chi connectivity index (χ2v) is 8.50. The molecule has 8 heteroatoms. The number of para-hydroxylation sites is 1. The Kier molecular flexibility index (Phi) is 7.57. The summed E-state index contributed by atoms with van der Waals surface area (Å²) in [5.74, 6) is 1.87. The number of likely N-dealkylation sites (N-methyl/N-ethyl adjacent to an activating group) is 1. The number of hydrogen-bond acceptors (Lipinski definition) is 6. The molecule has 1 saturated heterocycles. The van der Waals surface area contributed by atoms with Gasteiger partial charge in [0.25, 0.3) is 5.91 Å². The molecule has 5 nitrogen and oxygen atoms in total. The number of thiocarbonyl (C=S) groups is 1. The maximum absolute atomic E-state index is 12.4. The molecule has 1 aliphatic heterocycles. The van der Waals surface area contributed by atoms with Gasteiger partial charge in [0.05, 0.1) is 16.5 Å². The first-order valence-electron chi connectivity index (χ1n) is 8.97. The van der Waals surface area contributed by atoms with Crippen LogP contribution in [0.4, 0.5) is 0 Å². The van der Waals surface area contributed by atoms with Crippen LogP contribution < -0.4 is 14.2 Å². The van der Waals surface area contributed by atoms with E-state index in [0.29, 0.717) is 40.5 Å². The highest BCUT2D eigenvalue weighted by Gasteiger charge is 2.30. The molecule has 3 rings (SSSR count). The van der Waals surface area contributed by atoms with Gasteiger partial charge in [-0.1, -0.05) is 42.2 Å². The molecular weight excluding hydrogens is 474 g/mol. The molecule has 1 heterocycles. The maximum atomic E-state index is 12.4. The lowest BCUT2D eigenvalue weighted by Gasteiger charge is -2.14. The molecule has 0 aliphatic carbocycles. The van der Waals surface area contributed by atoms with Crippen LogP contribution in [0.5, 0.6) is 17.2 Å². The Labute approximate surface area is 188 Å². The third-order valence-corrected chi connectivity index (χ3v) is 6.05. The molecule has 152 valence electrons. The van der Waals surface area contributed by atoms with E-state index >= 15 is 0 Å². The Morgan fingerprint density at radius 1 is 1.17 bits per heavy atom. The molecule has 2 aromatic carbocycles. The maximum Gasteiger partial charge on any atom is 0.266 e. The number of carbonyl (C=O) groups is 1. The molecule has 29 heavy (non-hydrogen) atoms. The molecule has 1 amide bonds. The van der Waals surface area contributed by atoms with Crippen LogP contribution in [0.25, 0.3) is 6.08 Å². The second-order valence-electron chi connectivity index (χ2n) is 5.97. The standard InChI is InChI=1S/C21H20BrNO4S2/c1-3-23-20(24)18(29-21(23)28)13-14-11-16(22)19(17(12-14)25-2)27-10-9-26-15-7-5-4-6-8-15/h4-8,11-13H,3,9-10H2,1-2H3/b18-13-. The predicted octanol–water partition coefficient (Wildman–Crippen LogP) is 5.14. The van der Waals surface area contributed by atoms with E-state index in [1.807, 2.05) is 55.5 Å². The fraction of sp³-hybridized carbons (Fsp3) is 0.238. The number of benzene rings is 2. The molecule has 0 atom stereocenters. The van der Waals surface area contributed by atoms with Crippen LogP contribution in [0, 0.1) is 0 Å².